The van der Waals surface area contributed by atoms with E-state index in [9.17, 15) is 4.79 Å². The van der Waals surface area contributed by atoms with Crippen molar-refractivity contribution < 1.29 is 9.53 Å². The molecule has 0 aromatic heterocycles. The highest BCUT2D eigenvalue weighted by Crippen LogP contribution is 2.33. The highest BCUT2D eigenvalue weighted by Gasteiger charge is 2.31. The summed E-state index contributed by atoms with van der Waals surface area (Å²) in [5, 5.41) is 0. The van der Waals surface area contributed by atoms with E-state index in [1.807, 2.05) is 65.6 Å². The Balaban J connectivity index is 1.35. The predicted molar refractivity (Wildman–Crippen MR) is 116 cm³/mol. The number of thioether (sulfide) groups is 1. The fraction of sp³-hybridized carbons (Fsp3) is 0.208. The molecule has 0 radical (unpaired) electrons. The molecule has 0 bridgehead atoms. The van der Waals surface area contributed by atoms with E-state index in [4.69, 9.17) is 4.74 Å². The molecule has 142 valence electrons. The molecule has 0 saturated heterocycles. The third-order valence-electron chi connectivity index (χ3n) is 4.89. The van der Waals surface area contributed by atoms with Crippen LogP contribution < -0.4 is 9.64 Å². The molecule has 1 amide bonds. The molecule has 0 fully saturated rings. The lowest BCUT2D eigenvalue weighted by atomic mass is 10.1. The summed E-state index contributed by atoms with van der Waals surface area (Å²) in [6.07, 6.45) is 0.905. The van der Waals surface area contributed by atoms with E-state index in [1.165, 1.54) is 10.5 Å². The summed E-state index contributed by atoms with van der Waals surface area (Å²) in [6.45, 7) is 2.73. The second-order valence-corrected chi connectivity index (χ2v) is 8.06. The fourth-order valence-electron chi connectivity index (χ4n) is 3.54. The van der Waals surface area contributed by atoms with Crippen molar-refractivity contribution in [3.8, 4) is 5.75 Å². The van der Waals surface area contributed by atoms with Gasteiger partial charge >= 0.3 is 0 Å². The highest BCUT2D eigenvalue weighted by atomic mass is 32.2. The summed E-state index contributed by atoms with van der Waals surface area (Å²) in [5.41, 5.74) is 2.95. The topological polar surface area (TPSA) is 29.5 Å². The summed E-state index contributed by atoms with van der Waals surface area (Å²) < 4.78 is 5.82. The van der Waals surface area contributed by atoms with Crippen LogP contribution in [0.25, 0.3) is 0 Å². The number of hydrogen-bond donors (Lipinski definition) is 0. The Kier molecular flexibility index (Phi) is 5.68. The van der Waals surface area contributed by atoms with Crippen LogP contribution in [0, 0.1) is 0 Å². The minimum atomic E-state index is 0.0450. The summed E-state index contributed by atoms with van der Waals surface area (Å²) >= 11 is 1.77. The van der Waals surface area contributed by atoms with Crippen molar-refractivity contribution in [2.75, 3.05) is 17.3 Å². The molecule has 1 atom stereocenters. The van der Waals surface area contributed by atoms with Crippen LogP contribution in [0.15, 0.2) is 83.8 Å². The van der Waals surface area contributed by atoms with Crippen LogP contribution >= 0.6 is 11.8 Å². The number of rotatable bonds is 6. The maximum atomic E-state index is 13.0. The largest absolute Gasteiger partial charge is 0.493 e. The Hall–Kier alpha value is -2.72. The highest BCUT2D eigenvalue weighted by molar-refractivity contribution is 7.99. The first-order valence-corrected chi connectivity index (χ1v) is 10.5. The molecule has 4 heteroatoms. The molecule has 3 nitrogen and oxygen atoms in total. The van der Waals surface area contributed by atoms with Crippen molar-refractivity contribution in [1.82, 2.24) is 0 Å². The number of carbonyl (C=O) groups is 1. The van der Waals surface area contributed by atoms with Crippen LogP contribution in [0.5, 0.6) is 5.75 Å². The predicted octanol–water partition coefficient (Wildman–Crippen LogP) is 5.45. The van der Waals surface area contributed by atoms with E-state index < -0.39 is 0 Å². The van der Waals surface area contributed by atoms with E-state index in [1.54, 1.807) is 11.8 Å². The van der Waals surface area contributed by atoms with Crippen molar-refractivity contribution in [1.29, 1.82) is 0 Å². The standard InChI is InChI=1S/C24H23NO2S/c1-18-17-20-7-5-6-10-23(20)25(18)24(26)19-11-13-21(14-12-19)27-15-16-28-22-8-3-2-4-9-22/h2-14,18H,15-17H2,1H3/t18-/m0/s1. The average Bonchev–Trinajstić information content (AvgIpc) is 3.07. The quantitative estimate of drug-likeness (QED) is 0.415. The normalized spacial score (nSPS) is 15.3. The van der Waals surface area contributed by atoms with E-state index in [-0.39, 0.29) is 11.9 Å². The Morgan fingerprint density at radius 1 is 1.00 bits per heavy atom. The maximum Gasteiger partial charge on any atom is 0.258 e. The smallest absolute Gasteiger partial charge is 0.258 e. The van der Waals surface area contributed by atoms with Gasteiger partial charge in [0.05, 0.1) is 6.61 Å². The Bertz CT molecular complexity index is 940. The van der Waals surface area contributed by atoms with E-state index in [2.05, 4.69) is 25.1 Å². The van der Waals surface area contributed by atoms with Crippen molar-refractivity contribution in [2.24, 2.45) is 0 Å². The molecule has 1 heterocycles. The van der Waals surface area contributed by atoms with Gasteiger partial charge in [-0.15, -0.1) is 11.8 Å². The van der Waals surface area contributed by atoms with Gasteiger partial charge in [0.1, 0.15) is 5.75 Å². The second kappa shape index (κ2) is 8.53. The number of hydrogen-bond acceptors (Lipinski definition) is 3. The van der Waals surface area contributed by atoms with Crippen molar-refractivity contribution >= 4 is 23.4 Å². The minimum absolute atomic E-state index is 0.0450. The Morgan fingerprint density at radius 2 is 1.71 bits per heavy atom. The zero-order chi connectivity index (χ0) is 19.3. The lowest BCUT2D eigenvalue weighted by molar-refractivity contribution is 0.0981. The summed E-state index contributed by atoms with van der Waals surface area (Å²) in [6, 6.07) is 26.1. The molecule has 4 rings (SSSR count). The van der Waals surface area contributed by atoms with Gasteiger partial charge in [-0.3, -0.25) is 4.79 Å². The summed E-state index contributed by atoms with van der Waals surface area (Å²) in [7, 11) is 0. The molecular weight excluding hydrogens is 366 g/mol. The molecule has 3 aromatic carbocycles. The fourth-order valence-corrected chi connectivity index (χ4v) is 4.30. The van der Waals surface area contributed by atoms with Crippen LogP contribution in [0.4, 0.5) is 5.69 Å². The number of nitrogens with zero attached hydrogens (tertiary/aromatic N) is 1. The zero-order valence-electron chi connectivity index (χ0n) is 15.9. The summed E-state index contributed by atoms with van der Waals surface area (Å²) in [4.78, 5) is 16.2. The SMILES string of the molecule is C[C@H]1Cc2ccccc2N1C(=O)c1ccc(OCCSc2ccccc2)cc1. The van der Waals surface area contributed by atoms with Crippen molar-refractivity contribution in [3.05, 3.63) is 90.0 Å². The minimum Gasteiger partial charge on any atom is -0.493 e. The average molecular weight is 390 g/mol. The van der Waals surface area contributed by atoms with Crippen LogP contribution in [0.1, 0.15) is 22.8 Å². The zero-order valence-corrected chi connectivity index (χ0v) is 16.7. The van der Waals surface area contributed by atoms with Crippen molar-refractivity contribution in [3.63, 3.8) is 0 Å². The lowest BCUT2D eigenvalue weighted by Crippen LogP contribution is -2.35. The molecule has 0 saturated carbocycles. The van der Waals surface area contributed by atoms with Gasteiger partial charge in [-0.1, -0.05) is 36.4 Å². The van der Waals surface area contributed by atoms with Crippen LogP contribution in [-0.4, -0.2) is 24.3 Å². The van der Waals surface area contributed by atoms with E-state index >= 15 is 0 Å². The third-order valence-corrected chi connectivity index (χ3v) is 5.87. The maximum absolute atomic E-state index is 13.0. The lowest BCUT2D eigenvalue weighted by Gasteiger charge is -2.23. The van der Waals surface area contributed by atoms with Gasteiger partial charge in [-0.2, -0.15) is 0 Å². The molecule has 1 aliphatic heterocycles. The monoisotopic (exact) mass is 389 g/mol. The van der Waals surface area contributed by atoms with Crippen LogP contribution in [-0.2, 0) is 6.42 Å². The summed E-state index contributed by atoms with van der Waals surface area (Å²) in [5.74, 6) is 1.72. The molecule has 3 aromatic rings. The van der Waals surface area contributed by atoms with Gasteiger partial charge in [0.2, 0.25) is 0 Å². The van der Waals surface area contributed by atoms with Gasteiger partial charge in [0, 0.05) is 27.9 Å². The number of ether oxygens (including phenoxy) is 1. The van der Waals surface area contributed by atoms with Gasteiger partial charge in [-0.05, 0) is 61.4 Å². The molecular formula is C24H23NO2S. The Labute approximate surface area is 170 Å². The molecule has 0 unspecified atom stereocenters. The van der Waals surface area contributed by atoms with E-state index in [0.717, 1.165) is 23.6 Å². The van der Waals surface area contributed by atoms with Gasteiger partial charge < -0.3 is 9.64 Å². The second-order valence-electron chi connectivity index (χ2n) is 6.89. The number of anilines is 1. The van der Waals surface area contributed by atoms with Gasteiger partial charge in [0.15, 0.2) is 0 Å². The van der Waals surface area contributed by atoms with Crippen LogP contribution in [0.2, 0.25) is 0 Å². The first kappa shape index (κ1) is 18.6. The molecule has 28 heavy (non-hydrogen) atoms. The van der Waals surface area contributed by atoms with Gasteiger partial charge in [-0.25, -0.2) is 0 Å². The molecule has 1 aliphatic rings. The number of carbonyl (C=O) groups excluding carboxylic acids is 1. The van der Waals surface area contributed by atoms with Crippen LogP contribution in [0.3, 0.4) is 0 Å². The number of amides is 1. The first-order chi connectivity index (χ1) is 13.7. The third kappa shape index (κ3) is 4.07. The Morgan fingerprint density at radius 3 is 2.50 bits per heavy atom. The van der Waals surface area contributed by atoms with Crippen molar-refractivity contribution in [2.45, 2.75) is 24.3 Å². The first-order valence-electron chi connectivity index (χ1n) is 9.54. The molecule has 0 aliphatic carbocycles. The van der Waals surface area contributed by atoms with Gasteiger partial charge in [0.25, 0.3) is 5.91 Å². The molecule has 0 spiro atoms. The number of fused-ring (bicyclic) bond motifs is 1. The number of benzene rings is 3. The number of para-hydroxylation sites is 1. The molecule has 0 N–H and O–H groups in total. The van der Waals surface area contributed by atoms with E-state index in [0.29, 0.717) is 12.2 Å².